The van der Waals surface area contributed by atoms with E-state index in [2.05, 4.69) is 6.55 Å². The lowest BCUT2D eigenvalue weighted by Crippen LogP contribution is -2.38. The van der Waals surface area contributed by atoms with E-state index in [0.717, 1.165) is 30.9 Å². The zero-order valence-electron chi connectivity index (χ0n) is 12.5. The van der Waals surface area contributed by atoms with Crippen LogP contribution in [0.25, 0.3) is 0 Å². The average molecular weight is 302 g/mol. The van der Waals surface area contributed by atoms with Crippen molar-refractivity contribution >= 4 is 8.56 Å². The summed E-state index contributed by atoms with van der Waals surface area (Å²) in [7, 11) is -2.04. The Bertz CT molecular complexity index is 407. The molecule has 0 aliphatic carbocycles. The van der Waals surface area contributed by atoms with Crippen molar-refractivity contribution in [3.8, 4) is 0 Å². The molecule has 0 saturated heterocycles. The summed E-state index contributed by atoms with van der Waals surface area (Å²) in [4.78, 5) is 0. The lowest BCUT2D eigenvalue weighted by molar-refractivity contribution is 0.188. The maximum Gasteiger partial charge on any atom is 0.334 e. The predicted octanol–water partition coefficient (Wildman–Crippen LogP) is 4.43. The van der Waals surface area contributed by atoms with Crippen LogP contribution in [0.1, 0.15) is 32.3 Å². The highest BCUT2D eigenvalue weighted by molar-refractivity contribution is 6.66. The van der Waals surface area contributed by atoms with E-state index in [1.54, 1.807) is 6.07 Å². The molecular weight excluding hydrogens is 278 g/mol. The van der Waals surface area contributed by atoms with Gasteiger partial charge in [0.05, 0.1) is 0 Å². The molecule has 5 heteroatoms. The summed E-state index contributed by atoms with van der Waals surface area (Å²) >= 11 is 0. The number of benzene rings is 1. The maximum atomic E-state index is 13.1. The van der Waals surface area contributed by atoms with Gasteiger partial charge in [-0.15, -0.1) is 0 Å². The lowest BCUT2D eigenvalue weighted by atomic mass is 10.1. The molecule has 0 aromatic heterocycles. The Labute approximate surface area is 121 Å². The molecule has 0 aliphatic heterocycles. The summed E-state index contributed by atoms with van der Waals surface area (Å²) in [6.07, 6.45) is 2.65. The normalized spacial score (nSPS) is 11.8. The molecule has 0 spiro atoms. The minimum atomic E-state index is -2.04. The zero-order chi connectivity index (χ0) is 15.0. The molecule has 0 saturated carbocycles. The standard InChI is InChI=1S/C15H24F2O2Si/c1-4-18-20(3,19-5-2)11-7-6-8-13-9-10-14(16)15(17)12-13/h9-10,12H,4-8,11H2,1-3H3. The van der Waals surface area contributed by atoms with Crippen LogP contribution in [0.2, 0.25) is 12.6 Å². The third kappa shape index (κ3) is 5.69. The van der Waals surface area contributed by atoms with E-state index in [0.29, 0.717) is 13.2 Å². The Morgan fingerprint density at radius 3 is 2.20 bits per heavy atom. The van der Waals surface area contributed by atoms with Crippen molar-refractivity contribution in [2.24, 2.45) is 0 Å². The van der Waals surface area contributed by atoms with E-state index in [1.807, 2.05) is 13.8 Å². The topological polar surface area (TPSA) is 18.5 Å². The molecule has 2 nitrogen and oxygen atoms in total. The molecule has 114 valence electrons. The number of aryl methyl sites for hydroxylation is 1. The molecule has 0 N–H and O–H groups in total. The molecule has 1 aromatic carbocycles. The predicted molar refractivity (Wildman–Crippen MR) is 79.0 cm³/mol. The molecule has 0 bridgehead atoms. The van der Waals surface area contributed by atoms with Gasteiger partial charge in [-0.2, -0.15) is 0 Å². The zero-order valence-corrected chi connectivity index (χ0v) is 13.5. The summed E-state index contributed by atoms with van der Waals surface area (Å²) in [6.45, 7) is 7.38. The maximum absolute atomic E-state index is 13.1. The molecule has 0 fully saturated rings. The molecule has 1 rings (SSSR count). The molecule has 0 unspecified atom stereocenters. The highest BCUT2D eigenvalue weighted by Crippen LogP contribution is 2.19. The number of halogens is 2. The monoisotopic (exact) mass is 302 g/mol. The Kier molecular flexibility index (Phi) is 7.33. The van der Waals surface area contributed by atoms with Gasteiger partial charge < -0.3 is 8.85 Å². The first-order valence-corrected chi connectivity index (χ1v) is 9.75. The van der Waals surface area contributed by atoms with Crippen LogP contribution >= 0.6 is 0 Å². The summed E-state index contributed by atoms with van der Waals surface area (Å²) in [6, 6.07) is 5.03. The van der Waals surface area contributed by atoms with Crippen molar-refractivity contribution in [2.45, 2.75) is 45.7 Å². The van der Waals surface area contributed by atoms with Crippen LogP contribution in [-0.4, -0.2) is 21.8 Å². The Balaban J connectivity index is 2.37. The van der Waals surface area contributed by atoms with Crippen molar-refractivity contribution in [1.29, 1.82) is 0 Å². The first-order chi connectivity index (χ1) is 9.50. The number of hydrogen-bond acceptors (Lipinski definition) is 2. The van der Waals surface area contributed by atoms with E-state index in [1.165, 1.54) is 12.1 Å². The van der Waals surface area contributed by atoms with Gasteiger partial charge in [0.1, 0.15) is 0 Å². The molecule has 0 radical (unpaired) electrons. The second-order valence-electron chi connectivity index (χ2n) is 4.96. The van der Waals surface area contributed by atoms with Crippen LogP contribution in [-0.2, 0) is 15.3 Å². The fourth-order valence-electron chi connectivity index (χ4n) is 2.27. The van der Waals surface area contributed by atoms with Gasteiger partial charge in [0, 0.05) is 13.2 Å². The van der Waals surface area contributed by atoms with Crippen LogP contribution in [0.3, 0.4) is 0 Å². The fraction of sp³-hybridized carbons (Fsp3) is 0.600. The fourth-order valence-corrected chi connectivity index (χ4v) is 4.75. The SMILES string of the molecule is CCO[Si](C)(CCCCc1ccc(F)c(F)c1)OCC. The molecular formula is C15H24F2O2Si. The number of unbranched alkanes of at least 4 members (excludes halogenated alkanes) is 1. The van der Waals surface area contributed by atoms with E-state index >= 15 is 0 Å². The summed E-state index contributed by atoms with van der Waals surface area (Å²) in [5.41, 5.74) is 0.833. The lowest BCUT2D eigenvalue weighted by Gasteiger charge is -2.25. The molecule has 0 atom stereocenters. The smallest absolute Gasteiger partial charge is 0.334 e. The van der Waals surface area contributed by atoms with E-state index in [9.17, 15) is 8.78 Å². The van der Waals surface area contributed by atoms with Crippen LogP contribution in [0, 0.1) is 11.6 Å². The minimum absolute atomic E-state index is 0.673. The first-order valence-electron chi connectivity index (χ1n) is 7.22. The van der Waals surface area contributed by atoms with Crippen molar-refractivity contribution in [3.05, 3.63) is 35.4 Å². The second kappa shape index (κ2) is 8.49. The third-order valence-corrected chi connectivity index (χ3v) is 6.29. The number of rotatable bonds is 9. The Hall–Kier alpha value is -0.783. The van der Waals surface area contributed by atoms with Gasteiger partial charge in [-0.1, -0.05) is 12.5 Å². The Morgan fingerprint density at radius 1 is 1.00 bits per heavy atom. The van der Waals surface area contributed by atoms with Gasteiger partial charge in [-0.3, -0.25) is 0 Å². The van der Waals surface area contributed by atoms with Crippen molar-refractivity contribution < 1.29 is 17.6 Å². The third-order valence-electron chi connectivity index (χ3n) is 3.23. The molecule has 0 amide bonds. The average Bonchev–Trinajstić information content (AvgIpc) is 2.39. The van der Waals surface area contributed by atoms with Crippen LogP contribution < -0.4 is 0 Å². The van der Waals surface area contributed by atoms with Crippen molar-refractivity contribution in [1.82, 2.24) is 0 Å². The summed E-state index contributed by atoms with van der Waals surface area (Å²) in [5, 5.41) is 0. The van der Waals surface area contributed by atoms with E-state index < -0.39 is 20.2 Å². The first kappa shape index (κ1) is 17.3. The highest BCUT2D eigenvalue weighted by Gasteiger charge is 2.29. The Morgan fingerprint density at radius 2 is 1.65 bits per heavy atom. The van der Waals surface area contributed by atoms with Crippen molar-refractivity contribution in [3.63, 3.8) is 0 Å². The van der Waals surface area contributed by atoms with E-state index in [4.69, 9.17) is 8.85 Å². The van der Waals surface area contributed by atoms with Gasteiger partial charge in [0.15, 0.2) is 11.6 Å². The van der Waals surface area contributed by atoms with Crippen LogP contribution in [0.15, 0.2) is 18.2 Å². The second-order valence-corrected chi connectivity index (χ2v) is 8.30. The van der Waals surface area contributed by atoms with Gasteiger partial charge in [-0.05, 0) is 57.0 Å². The van der Waals surface area contributed by atoms with E-state index in [-0.39, 0.29) is 0 Å². The van der Waals surface area contributed by atoms with Crippen LogP contribution in [0.5, 0.6) is 0 Å². The van der Waals surface area contributed by atoms with Crippen molar-refractivity contribution in [2.75, 3.05) is 13.2 Å². The molecule has 0 heterocycles. The largest absolute Gasteiger partial charge is 0.395 e. The minimum Gasteiger partial charge on any atom is -0.395 e. The van der Waals surface area contributed by atoms with Crippen LogP contribution in [0.4, 0.5) is 8.78 Å². The summed E-state index contributed by atoms with van der Waals surface area (Å²) in [5.74, 6) is -1.56. The summed E-state index contributed by atoms with van der Waals surface area (Å²) < 4.78 is 37.4. The highest BCUT2D eigenvalue weighted by atomic mass is 28.4. The van der Waals surface area contributed by atoms with Gasteiger partial charge in [0.2, 0.25) is 0 Å². The van der Waals surface area contributed by atoms with Gasteiger partial charge >= 0.3 is 8.56 Å². The van der Waals surface area contributed by atoms with Gasteiger partial charge in [-0.25, -0.2) is 8.78 Å². The molecule has 0 aliphatic rings. The molecule has 1 aromatic rings. The number of hydrogen-bond donors (Lipinski definition) is 0. The quantitative estimate of drug-likeness (QED) is 0.496. The molecule has 20 heavy (non-hydrogen) atoms. The van der Waals surface area contributed by atoms with Gasteiger partial charge in [0.25, 0.3) is 0 Å².